The molecule has 2 amide bonds. The minimum absolute atomic E-state index is 0.164. The molecule has 30 heavy (non-hydrogen) atoms. The largest absolute Gasteiger partial charge is 0.379 e. The maximum Gasteiger partial charge on any atom is 0.253 e. The summed E-state index contributed by atoms with van der Waals surface area (Å²) in [5, 5.41) is 5.91. The van der Waals surface area contributed by atoms with E-state index in [1.54, 1.807) is 25.1 Å². The third-order valence-corrected chi connectivity index (χ3v) is 5.80. The van der Waals surface area contributed by atoms with Crippen LogP contribution in [0.25, 0.3) is 0 Å². The van der Waals surface area contributed by atoms with Gasteiger partial charge in [0.15, 0.2) is 0 Å². The summed E-state index contributed by atoms with van der Waals surface area (Å²) >= 11 is 12.0. The van der Waals surface area contributed by atoms with E-state index in [0.717, 1.165) is 39.3 Å². The second-order valence-corrected chi connectivity index (χ2v) is 7.97. The summed E-state index contributed by atoms with van der Waals surface area (Å²) in [6.07, 6.45) is 0.946. The van der Waals surface area contributed by atoms with Gasteiger partial charge in [0.1, 0.15) is 6.04 Å². The van der Waals surface area contributed by atoms with Crippen LogP contribution in [0.3, 0.4) is 0 Å². The van der Waals surface area contributed by atoms with Crippen LogP contribution in [0.15, 0.2) is 42.5 Å². The number of nitrogens with zero attached hydrogens (tertiary/aromatic N) is 1. The van der Waals surface area contributed by atoms with Crippen LogP contribution < -0.4 is 10.6 Å². The van der Waals surface area contributed by atoms with Gasteiger partial charge in [-0.3, -0.25) is 14.5 Å². The molecule has 1 unspecified atom stereocenters. The van der Waals surface area contributed by atoms with E-state index in [-0.39, 0.29) is 21.5 Å². The van der Waals surface area contributed by atoms with Crippen molar-refractivity contribution in [2.24, 2.45) is 0 Å². The van der Waals surface area contributed by atoms with Gasteiger partial charge in [0.25, 0.3) is 5.91 Å². The zero-order chi connectivity index (χ0) is 21.5. The highest BCUT2D eigenvalue weighted by Crippen LogP contribution is 2.25. The standard InChI is InChI=1S/C22H25Cl2N3O3/c1-15(25-22(29)18-3-2-4-19(23)20(18)24)21(28)26-17-7-5-16(6-8-17)9-10-27-11-13-30-14-12-27/h2-8,15H,9-14H2,1H3,(H,25,29)(H,26,28). The number of hydrogen-bond donors (Lipinski definition) is 2. The Bertz CT molecular complexity index is 884. The molecule has 1 fully saturated rings. The number of benzene rings is 2. The predicted molar refractivity (Wildman–Crippen MR) is 119 cm³/mol. The number of rotatable bonds is 7. The van der Waals surface area contributed by atoms with Crippen molar-refractivity contribution in [2.75, 3.05) is 38.2 Å². The second-order valence-electron chi connectivity index (χ2n) is 7.19. The lowest BCUT2D eigenvalue weighted by Gasteiger charge is -2.26. The first-order chi connectivity index (χ1) is 14.4. The Kier molecular flexibility index (Phi) is 8.10. The molecule has 8 heteroatoms. The van der Waals surface area contributed by atoms with Crippen molar-refractivity contribution in [1.82, 2.24) is 10.2 Å². The van der Waals surface area contributed by atoms with Crippen LogP contribution in [0.4, 0.5) is 5.69 Å². The molecule has 0 radical (unpaired) electrons. The van der Waals surface area contributed by atoms with E-state index in [9.17, 15) is 9.59 Å². The predicted octanol–water partition coefficient (Wildman–Crippen LogP) is 3.63. The summed E-state index contributed by atoms with van der Waals surface area (Å²) in [5.74, 6) is -0.772. The molecular formula is C22H25Cl2N3O3. The number of nitrogens with one attached hydrogen (secondary N) is 2. The third kappa shape index (κ3) is 6.19. The number of morpholine rings is 1. The molecule has 1 aliphatic heterocycles. The fraction of sp³-hybridized carbons (Fsp3) is 0.364. The van der Waals surface area contributed by atoms with Gasteiger partial charge in [-0.05, 0) is 43.2 Å². The zero-order valence-electron chi connectivity index (χ0n) is 16.8. The van der Waals surface area contributed by atoms with E-state index in [1.165, 1.54) is 5.56 Å². The molecule has 0 aliphatic carbocycles. The van der Waals surface area contributed by atoms with Crippen molar-refractivity contribution in [2.45, 2.75) is 19.4 Å². The van der Waals surface area contributed by atoms with Gasteiger partial charge in [-0.2, -0.15) is 0 Å². The Labute approximate surface area is 186 Å². The molecule has 2 aromatic rings. The van der Waals surface area contributed by atoms with Gasteiger partial charge in [-0.25, -0.2) is 0 Å². The molecule has 1 aliphatic rings. The van der Waals surface area contributed by atoms with Crippen LogP contribution in [0.5, 0.6) is 0 Å². The van der Waals surface area contributed by atoms with Gasteiger partial charge < -0.3 is 15.4 Å². The molecule has 0 spiro atoms. The molecule has 2 aromatic carbocycles. The number of ether oxygens (including phenoxy) is 1. The highest BCUT2D eigenvalue weighted by molar-refractivity contribution is 6.43. The van der Waals surface area contributed by atoms with Gasteiger partial charge in [-0.1, -0.05) is 41.4 Å². The fourth-order valence-electron chi connectivity index (χ4n) is 3.14. The Morgan fingerprint density at radius 3 is 2.50 bits per heavy atom. The average Bonchev–Trinajstić information content (AvgIpc) is 2.75. The Morgan fingerprint density at radius 1 is 1.10 bits per heavy atom. The van der Waals surface area contributed by atoms with E-state index >= 15 is 0 Å². The Morgan fingerprint density at radius 2 is 1.80 bits per heavy atom. The van der Waals surface area contributed by atoms with E-state index in [2.05, 4.69) is 15.5 Å². The first-order valence-electron chi connectivity index (χ1n) is 9.89. The van der Waals surface area contributed by atoms with Crippen LogP contribution in [0, 0.1) is 0 Å². The summed E-state index contributed by atoms with van der Waals surface area (Å²) < 4.78 is 5.36. The minimum atomic E-state index is -0.742. The lowest BCUT2D eigenvalue weighted by Crippen LogP contribution is -2.41. The first kappa shape index (κ1) is 22.6. The van der Waals surface area contributed by atoms with Gasteiger partial charge in [-0.15, -0.1) is 0 Å². The summed E-state index contributed by atoms with van der Waals surface area (Å²) in [5.41, 5.74) is 2.11. The fourth-order valence-corrected chi connectivity index (χ4v) is 3.52. The Balaban J connectivity index is 1.49. The average molecular weight is 450 g/mol. The SMILES string of the molecule is CC(NC(=O)c1cccc(Cl)c1Cl)C(=O)Nc1ccc(CCN2CCOCC2)cc1. The van der Waals surface area contributed by atoms with Crippen LogP contribution in [0.2, 0.25) is 10.0 Å². The molecular weight excluding hydrogens is 425 g/mol. The number of anilines is 1. The maximum atomic E-state index is 12.4. The van der Waals surface area contributed by atoms with Gasteiger partial charge in [0.05, 0.1) is 28.8 Å². The second kappa shape index (κ2) is 10.8. The van der Waals surface area contributed by atoms with Gasteiger partial charge in [0, 0.05) is 25.3 Å². The lowest BCUT2D eigenvalue weighted by molar-refractivity contribution is -0.117. The molecule has 160 valence electrons. The summed E-state index contributed by atoms with van der Waals surface area (Å²) in [7, 11) is 0. The quantitative estimate of drug-likeness (QED) is 0.676. The summed E-state index contributed by atoms with van der Waals surface area (Å²) in [4.78, 5) is 27.2. The first-order valence-corrected chi connectivity index (χ1v) is 10.6. The smallest absolute Gasteiger partial charge is 0.253 e. The van der Waals surface area contributed by atoms with Crippen LogP contribution in [-0.2, 0) is 16.0 Å². The third-order valence-electron chi connectivity index (χ3n) is 4.98. The van der Waals surface area contributed by atoms with Crippen molar-refractivity contribution in [3.8, 4) is 0 Å². The lowest BCUT2D eigenvalue weighted by atomic mass is 10.1. The summed E-state index contributed by atoms with van der Waals surface area (Å²) in [6, 6.07) is 11.8. The highest BCUT2D eigenvalue weighted by atomic mass is 35.5. The molecule has 3 rings (SSSR count). The van der Waals surface area contributed by atoms with Crippen molar-refractivity contribution < 1.29 is 14.3 Å². The normalized spacial score (nSPS) is 15.4. The van der Waals surface area contributed by atoms with Gasteiger partial charge in [0.2, 0.25) is 5.91 Å². The molecule has 2 N–H and O–H groups in total. The molecule has 1 saturated heterocycles. The Hall–Kier alpha value is -2.12. The van der Waals surface area contributed by atoms with Crippen LogP contribution in [0.1, 0.15) is 22.8 Å². The molecule has 1 atom stereocenters. The number of carbonyl (C=O) groups excluding carboxylic acids is 2. The maximum absolute atomic E-state index is 12.4. The van der Waals surface area contributed by atoms with Crippen molar-refractivity contribution in [3.05, 3.63) is 63.6 Å². The number of halogens is 2. The molecule has 0 bridgehead atoms. The molecule has 1 heterocycles. The molecule has 0 saturated carbocycles. The summed E-state index contributed by atoms with van der Waals surface area (Å²) in [6.45, 7) is 6.13. The number of hydrogen-bond acceptors (Lipinski definition) is 4. The van der Waals surface area contributed by atoms with Crippen molar-refractivity contribution >= 4 is 40.7 Å². The van der Waals surface area contributed by atoms with Crippen molar-refractivity contribution in [1.29, 1.82) is 0 Å². The number of amides is 2. The van der Waals surface area contributed by atoms with Crippen LogP contribution >= 0.6 is 23.2 Å². The van der Waals surface area contributed by atoms with E-state index < -0.39 is 11.9 Å². The topological polar surface area (TPSA) is 70.7 Å². The van der Waals surface area contributed by atoms with Gasteiger partial charge >= 0.3 is 0 Å². The zero-order valence-corrected chi connectivity index (χ0v) is 18.3. The molecule has 0 aromatic heterocycles. The van der Waals surface area contributed by atoms with E-state index in [1.807, 2.05) is 24.3 Å². The van der Waals surface area contributed by atoms with E-state index in [4.69, 9.17) is 27.9 Å². The van der Waals surface area contributed by atoms with E-state index in [0.29, 0.717) is 5.69 Å². The van der Waals surface area contributed by atoms with Crippen LogP contribution in [-0.4, -0.2) is 55.6 Å². The monoisotopic (exact) mass is 449 g/mol. The minimum Gasteiger partial charge on any atom is -0.379 e. The van der Waals surface area contributed by atoms with Crippen molar-refractivity contribution in [3.63, 3.8) is 0 Å². The number of carbonyl (C=O) groups is 2. The molecule has 6 nitrogen and oxygen atoms in total. The highest BCUT2D eigenvalue weighted by Gasteiger charge is 2.19.